The molecule has 1 aromatic carbocycles. The highest BCUT2D eigenvalue weighted by atomic mass is 16.7. The van der Waals surface area contributed by atoms with Gasteiger partial charge in [0.1, 0.15) is 0 Å². The smallest absolute Gasteiger partial charge is 0.320 e. The quantitative estimate of drug-likeness (QED) is 0.491. The van der Waals surface area contributed by atoms with Gasteiger partial charge in [-0.3, -0.25) is 25.1 Å². The zero-order chi connectivity index (χ0) is 18.4. The predicted octanol–water partition coefficient (Wildman–Crippen LogP) is 3.26. The van der Waals surface area contributed by atoms with Crippen LogP contribution in [0.3, 0.4) is 0 Å². The number of hydrogen-bond acceptors (Lipinski definition) is 7. The summed E-state index contributed by atoms with van der Waals surface area (Å²) in [5.41, 5.74) is 0.193. The molecule has 0 bridgehead atoms. The molecule has 0 aromatic heterocycles. The Morgan fingerprint density at radius 3 is 2.72 bits per heavy atom. The molecule has 1 amide bonds. The van der Waals surface area contributed by atoms with Gasteiger partial charge in [0.25, 0.3) is 11.4 Å². The zero-order valence-corrected chi connectivity index (χ0v) is 13.6. The lowest BCUT2D eigenvalue weighted by atomic mass is 9.81. The number of hydrogen-bond donors (Lipinski definition) is 1. The lowest BCUT2D eigenvalue weighted by molar-refractivity contribution is -0.394. The minimum Gasteiger partial charge on any atom is -0.320 e. The van der Waals surface area contributed by atoms with Crippen molar-refractivity contribution in [3.05, 3.63) is 44.0 Å². The second-order valence-electron chi connectivity index (χ2n) is 5.55. The van der Waals surface area contributed by atoms with Crippen LogP contribution in [-0.2, 0) is 4.84 Å². The second-order valence-corrected chi connectivity index (χ2v) is 5.55. The lowest BCUT2D eigenvalue weighted by Gasteiger charge is -2.23. The van der Waals surface area contributed by atoms with Gasteiger partial charge >= 0.3 is 6.09 Å². The van der Waals surface area contributed by atoms with Crippen molar-refractivity contribution in [1.82, 2.24) is 5.32 Å². The normalized spacial score (nSPS) is 18.6. The predicted molar refractivity (Wildman–Crippen MR) is 88.6 cm³/mol. The SMILES string of the molecule is CCNC(=O)O/N=C1/CCCC[C@H]1c1ccc([N+](=O)[O-])cc1[N+](=O)[O-]. The number of amides is 1. The van der Waals surface area contributed by atoms with Crippen LogP contribution in [-0.4, -0.2) is 28.2 Å². The highest BCUT2D eigenvalue weighted by Gasteiger charge is 2.31. The summed E-state index contributed by atoms with van der Waals surface area (Å²) >= 11 is 0. The molecule has 1 atom stereocenters. The van der Waals surface area contributed by atoms with Gasteiger partial charge in [0.05, 0.1) is 21.6 Å². The highest BCUT2D eigenvalue weighted by molar-refractivity contribution is 5.92. The first-order chi connectivity index (χ1) is 11.9. The van der Waals surface area contributed by atoms with E-state index < -0.39 is 21.9 Å². The summed E-state index contributed by atoms with van der Waals surface area (Å²) < 4.78 is 0. The van der Waals surface area contributed by atoms with Crippen LogP contribution in [0.15, 0.2) is 23.4 Å². The van der Waals surface area contributed by atoms with Crippen molar-refractivity contribution in [2.45, 2.75) is 38.5 Å². The molecule has 1 aliphatic carbocycles. The molecule has 1 aliphatic rings. The topological polar surface area (TPSA) is 137 Å². The maximum Gasteiger partial charge on any atom is 0.433 e. The van der Waals surface area contributed by atoms with Gasteiger partial charge in [-0.1, -0.05) is 11.6 Å². The van der Waals surface area contributed by atoms with Crippen LogP contribution < -0.4 is 5.32 Å². The number of rotatable bonds is 5. The summed E-state index contributed by atoms with van der Waals surface area (Å²) in [6.07, 6.45) is 2.10. The fourth-order valence-electron chi connectivity index (χ4n) is 2.81. The van der Waals surface area contributed by atoms with Crippen molar-refractivity contribution < 1.29 is 19.5 Å². The van der Waals surface area contributed by atoms with E-state index in [1.165, 1.54) is 12.1 Å². The largest absolute Gasteiger partial charge is 0.433 e. The van der Waals surface area contributed by atoms with Crippen molar-refractivity contribution >= 4 is 23.2 Å². The summed E-state index contributed by atoms with van der Waals surface area (Å²) in [6, 6.07) is 3.57. The molecule has 1 saturated carbocycles. The van der Waals surface area contributed by atoms with Crippen molar-refractivity contribution in [3.8, 4) is 0 Å². The second kappa shape index (κ2) is 8.18. The monoisotopic (exact) mass is 350 g/mol. The van der Waals surface area contributed by atoms with Gasteiger partial charge in [-0.25, -0.2) is 4.79 Å². The Kier molecular flexibility index (Phi) is 5.98. The van der Waals surface area contributed by atoms with Gasteiger partial charge in [-0.15, -0.1) is 0 Å². The number of non-ortho nitro benzene ring substituents is 1. The molecule has 0 heterocycles. The van der Waals surface area contributed by atoms with Crippen LogP contribution in [0.4, 0.5) is 16.2 Å². The number of nitrogens with one attached hydrogen (secondary N) is 1. The van der Waals surface area contributed by atoms with E-state index in [9.17, 15) is 25.0 Å². The van der Waals surface area contributed by atoms with Crippen LogP contribution in [0.2, 0.25) is 0 Å². The number of nitrogens with zero attached hydrogens (tertiary/aromatic N) is 3. The molecule has 0 saturated heterocycles. The molecule has 0 unspecified atom stereocenters. The third-order valence-electron chi connectivity index (χ3n) is 3.94. The van der Waals surface area contributed by atoms with E-state index in [1.807, 2.05) is 0 Å². The summed E-state index contributed by atoms with van der Waals surface area (Å²) in [7, 11) is 0. The average Bonchev–Trinajstić information content (AvgIpc) is 2.60. The minimum atomic E-state index is -0.697. The van der Waals surface area contributed by atoms with Crippen molar-refractivity contribution in [1.29, 1.82) is 0 Å². The molecular formula is C15H18N4O6. The van der Waals surface area contributed by atoms with Crippen LogP contribution in [0.1, 0.15) is 44.1 Å². The third kappa shape index (κ3) is 4.49. The fraction of sp³-hybridized carbons (Fsp3) is 0.467. The van der Waals surface area contributed by atoms with Crippen LogP contribution in [0.25, 0.3) is 0 Å². The molecule has 10 nitrogen and oxygen atoms in total. The van der Waals surface area contributed by atoms with E-state index in [-0.39, 0.29) is 11.4 Å². The Morgan fingerprint density at radius 2 is 2.08 bits per heavy atom. The molecule has 1 N–H and O–H groups in total. The van der Waals surface area contributed by atoms with E-state index in [0.717, 1.165) is 18.9 Å². The Labute approximate surface area is 143 Å². The van der Waals surface area contributed by atoms with E-state index in [4.69, 9.17) is 4.84 Å². The first-order valence-electron chi connectivity index (χ1n) is 7.88. The number of nitro groups is 2. The fourth-order valence-corrected chi connectivity index (χ4v) is 2.81. The number of carbonyl (C=O) groups excluding carboxylic acids is 1. The Bertz CT molecular complexity index is 718. The third-order valence-corrected chi connectivity index (χ3v) is 3.94. The van der Waals surface area contributed by atoms with E-state index in [0.29, 0.717) is 30.7 Å². The van der Waals surface area contributed by atoms with Gasteiger partial charge in [0.15, 0.2) is 0 Å². The molecule has 10 heteroatoms. The first-order valence-corrected chi connectivity index (χ1v) is 7.88. The summed E-state index contributed by atoms with van der Waals surface area (Å²) in [6.45, 7) is 2.12. The summed E-state index contributed by atoms with van der Waals surface area (Å²) in [4.78, 5) is 37.1. The molecule has 0 spiro atoms. The van der Waals surface area contributed by atoms with Crippen molar-refractivity contribution in [2.24, 2.45) is 5.16 Å². The molecular weight excluding hydrogens is 332 g/mol. The summed E-state index contributed by atoms with van der Waals surface area (Å²) in [5, 5.41) is 28.5. The first kappa shape index (κ1) is 18.3. The molecule has 0 radical (unpaired) electrons. The standard InChI is InChI=1S/C15H18N4O6/c1-2-16-15(20)25-17-13-6-4-3-5-11(13)12-8-7-10(18(21)22)9-14(12)19(23)24/h7-9,11H,2-6H2,1H3,(H,16,20)/b17-13-/t11-/m0/s1. The maximum absolute atomic E-state index is 11.4. The Hall–Kier alpha value is -3.04. The lowest BCUT2D eigenvalue weighted by Crippen LogP contribution is -2.24. The highest BCUT2D eigenvalue weighted by Crippen LogP contribution is 2.37. The van der Waals surface area contributed by atoms with Gasteiger partial charge in [0.2, 0.25) is 0 Å². The molecule has 2 rings (SSSR count). The molecule has 25 heavy (non-hydrogen) atoms. The van der Waals surface area contributed by atoms with Crippen molar-refractivity contribution in [3.63, 3.8) is 0 Å². The average molecular weight is 350 g/mol. The van der Waals surface area contributed by atoms with Crippen LogP contribution in [0, 0.1) is 20.2 Å². The van der Waals surface area contributed by atoms with E-state index in [1.54, 1.807) is 6.92 Å². The molecule has 0 aliphatic heterocycles. The number of nitro benzene ring substituents is 2. The van der Waals surface area contributed by atoms with Crippen molar-refractivity contribution in [2.75, 3.05) is 6.54 Å². The van der Waals surface area contributed by atoms with Gasteiger partial charge in [0, 0.05) is 24.1 Å². The van der Waals surface area contributed by atoms with Gasteiger partial charge < -0.3 is 5.32 Å². The Balaban J connectivity index is 2.36. The number of oxime groups is 1. The molecule has 1 fully saturated rings. The zero-order valence-electron chi connectivity index (χ0n) is 13.6. The Morgan fingerprint density at radius 1 is 1.32 bits per heavy atom. The van der Waals surface area contributed by atoms with Gasteiger partial charge in [-0.2, -0.15) is 0 Å². The maximum atomic E-state index is 11.4. The summed E-state index contributed by atoms with van der Waals surface area (Å²) in [5.74, 6) is -0.413. The number of benzene rings is 1. The minimum absolute atomic E-state index is 0.327. The van der Waals surface area contributed by atoms with Gasteiger partial charge in [-0.05, 0) is 32.3 Å². The number of carbonyl (C=O) groups is 1. The molecule has 1 aromatic rings. The molecule has 134 valence electrons. The van der Waals surface area contributed by atoms with E-state index in [2.05, 4.69) is 10.5 Å². The van der Waals surface area contributed by atoms with E-state index >= 15 is 0 Å². The van der Waals surface area contributed by atoms with Crippen LogP contribution in [0.5, 0.6) is 0 Å². The van der Waals surface area contributed by atoms with Crippen LogP contribution >= 0.6 is 0 Å².